The maximum absolute atomic E-state index is 14.2. The van der Waals surface area contributed by atoms with Crippen molar-refractivity contribution in [2.75, 3.05) is 45.2 Å². The van der Waals surface area contributed by atoms with Crippen molar-refractivity contribution in [3.05, 3.63) is 112 Å². The van der Waals surface area contributed by atoms with Gasteiger partial charge in [-0.3, -0.25) is 43.5 Å². The molecule has 2 saturated heterocycles. The molecule has 6 heterocycles. The predicted octanol–water partition coefficient (Wildman–Crippen LogP) is 5.49. The highest BCUT2D eigenvalue weighted by molar-refractivity contribution is 6.03. The van der Waals surface area contributed by atoms with E-state index in [0.717, 1.165) is 55.0 Å². The highest BCUT2D eigenvalue weighted by Crippen LogP contribution is 2.34. The van der Waals surface area contributed by atoms with Crippen molar-refractivity contribution >= 4 is 40.3 Å². The Labute approximate surface area is 377 Å². The van der Waals surface area contributed by atoms with Crippen LogP contribution in [0.2, 0.25) is 0 Å². The minimum absolute atomic E-state index is 0.0888. The van der Waals surface area contributed by atoms with Crippen molar-refractivity contribution in [1.82, 2.24) is 44.0 Å². The lowest BCUT2D eigenvalue weighted by Gasteiger charge is -2.35. The number of pyridine rings is 1. The fourth-order valence-electron chi connectivity index (χ4n) is 8.88. The number of amides is 4. The number of nitrogens with zero attached hydrogens (tertiary/aromatic N) is 8. The van der Waals surface area contributed by atoms with E-state index >= 15 is 0 Å². The average Bonchev–Trinajstić information content (AvgIpc) is 3.72. The maximum atomic E-state index is 14.2. The largest absolute Gasteiger partial charge is 0.444 e. The van der Waals surface area contributed by atoms with Crippen LogP contribution in [0.3, 0.4) is 0 Å². The molecule has 1 unspecified atom stereocenters. The van der Waals surface area contributed by atoms with Crippen LogP contribution in [-0.4, -0.2) is 108 Å². The molecule has 3 aliphatic rings. The van der Waals surface area contributed by atoms with E-state index in [-0.39, 0.29) is 53.7 Å². The van der Waals surface area contributed by atoms with E-state index in [0.29, 0.717) is 48.4 Å². The number of morpholine rings is 1. The summed E-state index contributed by atoms with van der Waals surface area (Å²) in [6.45, 7) is 2.94. The molecule has 66 heavy (non-hydrogen) atoms. The van der Waals surface area contributed by atoms with Gasteiger partial charge < -0.3 is 19.4 Å². The first kappa shape index (κ1) is 44.3. The third-order valence-electron chi connectivity index (χ3n) is 12.6. The van der Waals surface area contributed by atoms with E-state index in [1.54, 1.807) is 60.1 Å². The molecular weight excluding hydrogens is 855 g/mol. The summed E-state index contributed by atoms with van der Waals surface area (Å²) in [6.07, 6.45) is 7.23. The number of imidazole rings is 1. The van der Waals surface area contributed by atoms with Crippen molar-refractivity contribution in [3.8, 4) is 17.1 Å². The number of rotatable bonds is 16. The molecule has 19 heteroatoms. The molecule has 4 amide bonds. The average molecular weight is 905 g/mol. The number of halogens is 2. The van der Waals surface area contributed by atoms with Gasteiger partial charge >= 0.3 is 5.69 Å². The van der Waals surface area contributed by atoms with Gasteiger partial charge in [0.1, 0.15) is 12.3 Å². The van der Waals surface area contributed by atoms with Gasteiger partial charge in [0.25, 0.3) is 18.2 Å². The number of hydrogen-bond acceptors (Lipinski definition) is 11. The van der Waals surface area contributed by atoms with Crippen LogP contribution >= 0.6 is 0 Å². The van der Waals surface area contributed by atoms with Crippen molar-refractivity contribution in [3.63, 3.8) is 0 Å². The molecule has 0 spiro atoms. The Morgan fingerprint density at radius 3 is 2.64 bits per heavy atom. The minimum Gasteiger partial charge on any atom is -0.444 e. The second-order valence-corrected chi connectivity index (χ2v) is 17.3. The Morgan fingerprint density at radius 1 is 1.05 bits per heavy atom. The van der Waals surface area contributed by atoms with Gasteiger partial charge in [-0.2, -0.15) is 5.10 Å². The van der Waals surface area contributed by atoms with Gasteiger partial charge in [-0.1, -0.05) is 25.0 Å². The molecule has 2 N–H and O–H groups in total. The molecule has 3 fully saturated rings. The quantitative estimate of drug-likeness (QED) is 0.117. The molecule has 344 valence electrons. The van der Waals surface area contributed by atoms with Crippen LogP contribution in [0.25, 0.3) is 28.2 Å². The Balaban J connectivity index is 0.782. The Morgan fingerprint density at radius 2 is 1.86 bits per heavy atom. The number of piperidine rings is 1. The molecule has 4 aromatic heterocycles. The van der Waals surface area contributed by atoms with Crippen LogP contribution in [0, 0.1) is 5.92 Å². The van der Waals surface area contributed by atoms with Crippen molar-refractivity contribution in [2.24, 2.45) is 13.0 Å². The second-order valence-electron chi connectivity index (χ2n) is 17.3. The van der Waals surface area contributed by atoms with E-state index < -0.39 is 30.0 Å². The van der Waals surface area contributed by atoms with E-state index in [2.05, 4.69) is 30.6 Å². The standard InChI is InChI=1S/C47H50F2N10O7/c1-55(24-34-25-57(21-22-65-34)20-4-6-29-5-3-7-37-41(29)56(2)47(64)59(37)38-16-17-39(60)53-44(38)62)46(63)30-11-14-33(15-12-30)58-26-35(40(54-58)42(48)49)51-43(61)36-27-66-45(52-36)31-18-19-50-32(23-31)13-10-28-8-9-28/h3,5,7,11-12,14-15,18-19,23,26-28,34,38,42H,4,6,8-10,13,16-17,20-22,24-25H2,1-2H3,(H,51,61)(H,53,60,62)/t34-,38?/m0/s1. The van der Waals surface area contributed by atoms with Crippen molar-refractivity contribution in [1.29, 1.82) is 0 Å². The predicted molar refractivity (Wildman–Crippen MR) is 237 cm³/mol. The number of carbonyl (C=O) groups excluding carboxylic acids is 4. The number of likely N-dealkylation sites (N-methyl/N-ethyl adjacent to an activating group) is 1. The molecule has 1 saturated carbocycles. The van der Waals surface area contributed by atoms with Crippen LogP contribution in [0.5, 0.6) is 0 Å². The lowest BCUT2D eigenvalue weighted by Crippen LogP contribution is -2.48. The zero-order chi connectivity index (χ0) is 46.1. The number of aromatic nitrogens is 6. The summed E-state index contributed by atoms with van der Waals surface area (Å²) in [5.74, 6) is -0.830. The third kappa shape index (κ3) is 9.58. The number of imide groups is 1. The van der Waals surface area contributed by atoms with Gasteiger partial charge in [-0.15, -0.1) is 0 Å². The molecule has 9 rings (SSSR count). The monoisotopic (exact) mass is 904 g/mol. The highest BCUT2D eigenvalue weighted by atomic mass is 19.3. The molecule has 2 aliphatic heterocycles. The topological polar surface area (TPSA) is 192 Å². The van der Waals surface area contributed by atoms with Crippen LogP contribution in [-0.2, 0) is 34.2 Å². The van der Waals surface area contributed by atoms with E-state index in [1.807, 2.05) is 24.3 Å². The third-order valence-corrected chi connectivity index (χ3v) is 12.6. The number of oxazole rings is 1. The number of benzene rings is 2. The lowest BCUT2D eigenvalue weighted by atomic mass is 10.0. The zero-order valence-electron chi connectivity index (χ0n) is 36.6. The summed E-state index contributed by atoms with van der Waals surface area (Å²) in [5.41, 5.74) is 3.53. The van der Waals surface area contributed by atoms with E-state index in [9.17, 15) is 32.8 Å². The molecule has 2 atom stereocenters. The second kappa shape index (κ2) is 18.9. The number of alkyl halides is 2. The molecule has 0 radical (unpaired) electrons. The van der Waals surface area contributed by atoms with E-state index in [1.165, 1.54) is 34.6 Å². The van der Waals surface area contributed by atoms with Crippen molar-refractivity contribution in [2.45, 2.75) is 69.9 Å². The normalized spacial score (nSPS) is 18.0. The first-order valence-corrected chi connectivity index (χ1v) is 22.2. The van der Waals surface area contributed by atoms with Crippen LogP contribution in [0.4, 0.5) is 14.5 Å². The number of fused-ring (bicyclic) bond motifs is 1. The number of para-hydroxylation sites is 1. The fraction of sp³-hybridized carbons (Fsp3) is 0.404. The van der Waals surface area contributed by atoms with Crippen molar-refractivity contribution < 1.29 is 37.1 Å². The summed E-state index contributed by atoms with van der Waals surface area (Å²) in [5, 5.41) is 8.90. The Bertz CT molecular complexity index is 2850. The van der Waals surface area contributed by atoms with E-state index in [4.69, 9.17) is 9.15 Å². The summed E-state index contributed by atoms with van der Waals surface area (Å²) < 4.78 is 44.3. The number of ether oxygens (including phenoxy) is 1. The highest BCUT2D eigenvalue weighted by Gasteiger charge is 2.32. The molecule has 2 aromatic carbocycles. The summed E-state index contributed by atoms with van der Waals surface area (Å²) in [4.78, 5) is 77.1. The smallest absolute Gasteiger partial charge is 0.329 e. The fourth-order valence-corrected chi connectivity index (χ4v) is 8.88. The summed E-state index contributed by atoms with van der Waals surface area (Å²) in [7, 11) is 3.40. The first-order valence-electron chi connectivity index (χ1n) is 22.2. The molecular formula is C47H50F2N10O7. The number of nitrogens with one attached hydrogen (secondary N) is 2. The number of carbonyl (C=O) groups is 4. The lowest BCUT2D eigenvalue weighted by molar-refractivity contribution is -0.135. The van der Waals surface area contributed by atoms with Crippen LogP contribution in [0.1, 0.15) is 88.8 Å². The Hall–Kier alpha value is -6.86. The maximum Gasteiger partial charge on any atom is 0.329 e. The summed E-state index contributed by atoms with van der Waals surface area (Å²) in [6, 6.07) is 14.9. The molecule has 0 bridgehead atoms. The zero-order valence-corrected chi connectivity index (χ0v) is 36.6. The Kier molecular flexibility index (Phi) is 12.7. The molecule has 6 aromatic rings. The molecule has 17 nitrogen and oxygen atoms in total. The van der Waals surface area contributed by atoms with Gasteiger partial charge in [0, 0.05) is 63.2 Å². The van der Waals surface area contributed by atoms with Crippen LogP contribution < -0.4 is 16.3 Å². The molecule has 1 aliphatic carbocycles. The van der Waals surface area contributed by atoms with Gasteiger partial charge in [0.05, 0.1) is 41.3 Å². The van der Waals surface area contributed by atoms with Gasteiger partial charge in [-0.25, -0.2) is 23.2 Å². The SMILES string of the molecule is CN(C[C@H]1CN(CCCc2cccc3c2n(C)c(=O)n3C2CCC(=O)NC2=O)CCO1)C(=O)c1ccc(-n2cc(NC(=O)c3coc(-c4ccnc(CCC5CC5)c4)n3)c(C(F)F)n2)cc1. The van der Waals surface area contributed by atoms with Gasteiger partial charge in [0.2, 0.25) is 17.7 Å². The first-order chi connectivity index (χ1) is 31.9. The minimum atomic E-state index is -2.99. The van der Waals surface area contributed by atoms with Crippen LogP contribution in [0.15, 0.2) is 82.5 Å². The number of aryl methyl sites for hydroxylation is 3. The van der Waals surface area contributed by atoms with Gasteiger partial charge in [0.15, 0.2) is 11.4 Å². The van der Waals surface area contributed by atoms with Gasteiger partial charge in [-0.05, 0) is 92.6 Å². The summed E-state index contributed by atoms with van der Waals surface area (Å²) >= 11 is 0. The number of hydrogen-bond donors (Lipinski definition) is 2. The number of anilines is 1.